The minimum Gasteiger partial charge on any atom is -0.497 e. The van der Waals surface area contributed by atoms with Gasteiger partial charge in [-0.05, 0) is 67.4 Å². The Labute approximate surface area is 176 Å². The molecule has 1 saturated heterocycles. The van der Waals surface area contributed by atoms with Crippen molar-refractivity contribution in [1.82, 2.24) is 4.90 Å². The summed E-state index contributed by atoms with van der Waals surface area (Å²) in [5.74, 6) is 0.850. The van der Waals surface area contributed by atoms with Gasteiger partial charge in [-0.2, -0.15) is 0 Å². The van der Waals surface area contributed by atoms with Crippen molar-refractivity contribution in [3.05, 3.63) is 64.6 Å². The van der Waals surface area contributed by atoms with Crippen LogP contribution in [0.1, 0.15) is 43.2 Å². The van der Waals surface area contributed by atoms with Gasteiger partial charge >= 0.3 is 0 Å². The molecule has 2 aromatic carbocycles. The van der Waals surface area contributed by atoms with Crippen molar-refractivity contribution in [1.29, 1.82) is 0 Å². The molecule has 0 atom stereocenters. The molecule has 2 aliphatic rings. The summed E-state index contributed by atoms with van der Waals surface area (Å²) in [6, 6.07) is 16.2. The van der Waals surface area contributed by atoms with Crippen LogP contribution < -0.4 is 4.74 Å². The van der Waals surface area contributed by atoms with Gasteiger partial charge in [0.2, 0.25) is 0 Å². The Kier molecular flexibility index (Phi) is 6.05. The number of aryl methyl sites for hydroxylation is 1. The molecule has 1 saturated carbocycles. The summed E-state index contributed by atoms with van der Waals surface area (Å²) in [5, 5.41) is 0.792. The van der Waals surface area contributed by atoms with Crippen molar-refractivity contribution in [2.45, 2.75) is 45.1 Å². The highest BCUT2D eigenvalue weighted by Gasteiger charge is 2.38. The number of methoxy groups -OCH3 is 1. The van der Waals surface area contributed by atoms with Gasteiger partial charge in [-0.15, -0.1) is 0 Å². The summed E-state index contributed by atoms with van der Waals surface area (Å²) in [4.78, 5) is 20.9. The molecular formula is C24H26N2O2S. The van der Waals surface area contributed by atoms with Crippen LogP contribution in [0.15, 0.2) is 58.4 Å². The first-order chi connectivity index (χ1) is 14.1. The smallest absolute Gasteiger partial charge is 0.267 e. The average Bonchev–Trinajstić information content (AvgIpc) is 3.05. The maximum absolute atomic E-state index is 13.3. The van der Waals surface area contributed by atoms with E-state index in [4.69, 9.17) is 9.73 Å². The van der Waals surface area contributed by atoms with Crippen molar-refractivity contribution in [2.75, 3.05) is 7.11 Å². The Morgan fingerprint density at radius 3 is 2.59 bits per heavy atom. The van der Waals surface area contributed by atoms with Gasteiger partial charge in [-0.25, -0.2) is 4.99 Å². The summed E-state index contributed by atoms with van der Waals surface area (Å²) in [5.41, 5.74) is 3.04. The standard InChI is InChI=1S/C24H26N2O2S/c1-17-11-13-19(14-12-17)25-24-26(20-8-4-3-5-9-20)23(27)22(29-24)16-18-7-6-10-21(15-18)28-2/h6-7,10-16,20H,3-5,8-9H2,1-2H3/b22-16+,25-24?. The molecule has 1 aliphatic carbocycles. The van der Waals surface area contributed by atoms with Crippen LogP contribution in [0.2, 0.25) is 0 Å². The Bertz CT molecular complexity index is 944. The number of thioether (sulfide) groups is 1. The minimum atomic E-state index is 0.0654. The number of aliphatic imine (C=N–C) groups is 1. The van der Waals surface area contributed by atoms with Gasteiger partial charge in [-0.3, -0.25) is 9.69 Å². The number of benzene rings is 2. The first-order valence-electron chi connectivity index (χ1n) is 10.2. The van der Waals surface area contributed by atoms with Crippen molar-refractivity contribution < 1.29 is 9.53 Å². The third-order valence-electron chi connectivity index (χ3n) is 5.43. The maximum Gasteiger partial charge on any atom is 0.267 e. The van der Waals surface area contributed by atoms with Gasteiger partial charge in [0.15, 0.2) is 5.17 Å². The zero-order valence-electron chi connectivity index (χ0n) is 16.9. The topological polar surface area (TPSA) is 41.9 Å². The fourth-order valence-electron chi connectivity index (χ4n) is 3.84. The van der Waals surface area contributed by atoms with Crippen LogP contribution in [0.4, 0.5) is 5.69 Å². The van der Waals surface area contributed by atoms with Crippen LogP contribution in [-0.2, 0) is 4.79 Å². The molecule has 0 N–H and O–H groups in total. The lowest BCUT2D eigenvalue weighted by Gasteiger charge is -2.30. The Morgan fingerprint density at radius 1 is 1.10 bits per heavy atom. The fourth-order valence-corrected chi connectivity index (χ4v) is 4.90. The summed E-state index contributed by atoms with van der Waals surface area (Å²) < 4.78 is 5.32. The zero-order valence-corrected chi connectivity index (χ0v) is 17.7. The first kappa shape index (κ1) is 19.8. The quantitative estimate of drug-likeness (QED) is 0.590. The van der Waals surface area contributed by atoms with E-state index in [9.17, 15) is 4.79 Å². The lowest BCUT2D eigenvalue weighted by Crippen LogP contribution is -2.40. The number of amidine groups is 1. The van der Waals surface area contributed by atoms with Gasteiger partial charge in [0.05, 0.1) is 17.7 Å². The predicted octanol–water partition coefficient (Wildman–Crippen LogP) is 5.94. The number of carbonyl (C=O) groups excluding carboxylic acids is 1. The molecule has 1 amide bonds. The summed E-state index contributed by atoms with van der Waals surface area (Å²) in [7, 11) is 1.65. The molecule has 0 radical (unpaired) electrons. The number of hydrogen-bond donors (Lipinski definition) is 0. The van der Waals surface area contributed by atoms with Crippen LogP contribution in [0.25, 0.3) is 6.08 Å². The highest BCUT2D eigenvalue weighted by molar-refractivity contribution is 8.18. The van der Waals surface area contributed by atoms with E-state index in [2.05, 4.69) is 19.1 Å². The monoisotopic (exact) mass is 406 g/mol. The normalized spacial score (nSPS) is 20.6. The summed E-state index contributed by atoms with van der Waals surface area (Å²) in [6.07, 6.45) is 7.64. The molecule has 1 heterocycles. The van der Waals surface area contributed by atoms with E-state index in [0.717, 1.165) is 39.9 Å². The van der Waals surface area contributed by atoms with E-state index in [1.165, 1.54) is 36.6 Å². The summed E-state index contributed by atoms with van der Waals surface area (Å²) in [6.45, 7) is 2.06. The van der Waals surface area contributed by atoms with E-state index < -0.39 is 0 Å². The number of carbonyl (C=O) groups is 1. The number of rotatable bonds is 4. The van der Waals surface area contributed by atoms with Crippen molar-refractivity contribution in [3.8, 4) is 5.75 Å². The molecule has 0 bridgehead atoms. The molecule has 1 aliphatic heterocycles. The van der Waals surface area contributed by atoms with Crippen LogP contribution >= 0.6 is 11.8 Å². The molecule has 150 valence electrons. The predicted molar refractivity (Wildman–Crippen MR) is 121 cm³/mol. The van der Waals surface area contributed by atoms with Gasteiger partial charge in [0.25, 0.3) is 5.91 Å². The van der Waals surface area contributed by atoms with E-state index in [1.54, 1.807) is 7.11 Å². The molecule has 5 heteroatoms. The second kappa shape index (κ2) is 8.87. The largest absolute Gasteiger partial charge is 0.497 e. The van der Waals surface area contributed by atoms with Crippen molar-refractivity contribution in [2.24, 2.45) is 4.99 Å². The van der Waals surface area contributed by atoms with Crippen LogP contribution in [0, 0.1) is 6.92 Å². The molecule has 29 heavy (non-hydrogen) atoms. The fraction of sp³-hybridized carbons (Fsp3) is 0.333. The Hall–Kier alpha value is -2.53. The molecule has 0 spiro atoms. The van der Waals surface area contributed by atoms with Crippen LogP contribution in [-0.4, -0.2) is 29.1 Å². The number of amides is 1. The highest BCUT2D eigenvalue weighted by atomic mass is 32.2. The van der Waals surface area contributed by atoms with Crippen molar-refractivity contribution >= 4 is 34.6 Å². The van der Waals surface area contributed by atoms with E-state index in [-0.39, 0.29) is 11.9 Å². The molecule has 2 aromatic rings. The molecule has 4 nitrogen and oxygen atoms in total. The SMILES string of the molecule is COc1cccc(/C=C2/SC(=Nc3ccc(C)cc3)N(C3CCCCC3)C2=O)c1. The van der Waals surface area contributed by atoms with Gasteiger partial charge < -0.3 is 4.74 Å². The number of hydrogen-bond acceptors (Lipinski definition) is 4. The molecular weight excluding hydrogens is 380 g/mol. The van der Waals surface area contributed by atoms with Crippen LogP contribution in [0.3, 0.4) is 0 Å². The van der Waals surface area contributed by atoms with Crippen molar-refractivity contribution in [3.63, 3.8) is 0 Å². The minimum absolute atomic E-state index is 0.0654. The van der Waals surface area contributed by atoms with Gasteiger partial charge in [0, 0.05) is 6.04 Å². The van der Waals surface area contributed by atoms with E-state index in [1.807, 2.05) is 47.4 Å². The molecule has 2 fully saturated rings. The first-order valence-corrected chi connectivity index (χ1v) is 11.0. The molecule has 0 aromatic heterocycles. The number of nitrogens with zero attached hydrogens (tertiary/aromatic N) is 2. The second-order valence-electron chi connectivity index (χ2n) is 7.58. The lowest BCUT2D eigenvalue weighted by molar-refractivity contribution is -0.124. The van der Waals surface area contributed by atoms with E-state index in [0.29, 0.717) is 0 Å². The Morgan fingerprint density at radius 2 is 1.86 bits per heavy atom. The second-order valence-corrected chi connectivity index (χ2v) is 8.59. The Balaban J connectivity index is 1.69. The van der Waals surface area contributed by atoms with E-state index >= 15 is 0 Å². The third-order valence-corrected chi connectivity index (χ3v) is 6.41. The van der Waals surface area contributed by atoms with Gasteiger partial charge in [-0.1, -0.05) is 49.1 Å². The number of ether oxygens (including phenoxy) is 1. The van der Waals surface area contributed by atoms with Crippen LogP contribution in [0.5, 0.6) is 5.75 Å². The molecule has 4 rings (SSSR count). The molecule has 0 unspecified atom stereocenters. The highest BCUT2D eigenvalue weighted by Crippen LogP contribution is 2.38. The average molecular weight is 407 g/mol. The third kappa shape index (κ3) is 4.56. The lowest BCUT2D eigenvalue weighted by atomic mass is 9.94. The van der Waals surface area contributed by atoms with Gasteiger partial charge in [0.1, 0.15) is 5.75 Å². The maximum atomic E-state index is 13.3. The summed E-state index contributed by atoms with van der Waals surface area (Å²) >= 11 is 1.47. The zero-order chi connectivity index (χ0) is 20.2.